The highest BCUT2D eigenvalue weighted by Gasteiger charge is 2.10. The largest absolute Gasteiger partial charge is 0.345 e. The van der Waals surface area contributed by atoms with Gasteiger partial charge in [-0.25, -0.2) is 0 Å². The average Bonchev–Trinajstić information content (AvgIpc) is 2.35. The molecule has 1 aromatic carbocycles. The Kier molecular flexibility index (Phi) is 5.74. The van der Waals surface area contributed by atoms with Crippen LogP contribution in [0.25, 0.3) is 0 Å². The van der Waals surface area contributed by atoms with Crippen molar-refractivity contribution in [2.75, 3.05) is 13.6 Å². The van der Waals surface area contributed by atoms with Gasteiger partial charge < -0.3 is 4.90 Å². The van der Waals surface area contributed by atoms with Crippen LogP contribution in [0.1, 0.15) is 44.2 Å². The van der Waals surface area contributed by atoms with Crippen LogP contribution in [0, 0.1) is 0 Å². The summed E-state index contributed by atoms with van der Waals surface area (Å²) < 4.78 is 0. The zero-order valence-electron chi connectivity index (χ0n) is 12.3. The maximum absolute atomic E-state index is 11.6. The average molecular weight is 261 g/mol. The Morgan fingerprint density at radius 2 is 1.74 bits per heavy atom. The Hall–Kier alpha value is -1.64. The van der Waals surface area contributed by atoms with Crippen molar-refractivity contribution < 1.29 is 9.59 Å². The van der Waals surface area contributed by atoms with Gasteiger partial charge in [0.25, 0.3) is 0 Å². The predicted octanol–water partition coefficient (Wildman–Crippen LogP) is 2.79. The Bertz CT molecular complexity index is 435. The fourth-order valence-electron chi connectivity index (χ4n) is 1.84. The monoisotopic (exact) mass is 261 g/mol. The van der Waals surface area contributed by atoms with E-state index in [-0.39, 0.29) is 18.1 Å². The second kappa shape index (κ2) is 7.07. The number of nitrogens with zero attached hydrogens (tertiary/aromatic N) is 1. The molecule has 0 saturated heterocycles. The van der Waals surface area contributed by atoms with Crippen molar-refractivity contribution in [3.63, 3.8) is 0 Å². The first-order valence-electron chi connectivity index (χ1n) is 6.72. The maximum Gasteiger partial charge on any atom is 0.229 e. The van der Waals surface area contributed by atoms with Gasteiger partial charge in [0.05, 0.1) is 6.42 Å². The third kappa shape index (κ3) is 5.25. The Morgan fingerprint density at radius 3 is 2.21 bits per heavy atom. The van der Waals surface area contributed by atoms with E-state index >= 15 is 0 Å². The van der Waals surface area contributed by atoms with Crippen LogP contribution in [-0.4, -0.2) is 30.2 Å². The van der Waals surface area contributed by atoms with Crippen molar-refractivity contribution in [3.05, 3.63) is 35.4 Å². The minimum Gasteiger partial charge on any atom is -0.345 e. The van der Waals surface area contributed by atoms with Gasteiger partial charge in [0.2, 0.25) is 5.91 Å². The van der Waals surface area contributed by atoms with Gasteiger partial charge in [-0.3, -0.25) is 9.59 Å². The summed E-state index contributed by atoms with van der Waals surface area (Å²) in [6, 6.07) is 8.49. The van der Waals surface area contributed by atoms with E-state index in [1.807, 2.05) is 0 Å². The molecule has 19 heavy (non-hydrogen) atoms. The molecule has 3 heteroatoms. The Balaban J connectivity index is 2.48. The molecule has 104 valence electrons. The van der Waals surface area contributed by atoms with E-state index in [1.165, 1.54) is 18.1 Å². The van der Waals surface area contributed by atoms with Crippen LogP contribution in [0.15, 0.2) is 24.3 Å². The maximum atomic E-state index is 11.6. The number of benzene rings is 1. The molecule has 0 aliphatic heterocycles. The van der Waals surface area contributed by atoms with Crippen LogP contribution in [0.5, 0.6) is 0 Å². The van der Waals surface area contributed by atoms with Gasteiger partial charge in [-0.1, -0.05) is 38.1 Å². The first-order valence-corrected chi connectivity index (χ1v) is 6.72. The lowest BCUT2D eigenvalue weighted by Crippen LogP contribution is -2.30. The van der Waals surface area contributed by atoms with Crippen LogP contribution in [0.4, 0.5) is 0 Å². The lowest BCUT2D eigenvalue weighted by Gasteiger charge is -2.16. The van der Waals surface area contributed by atoms with Crippen molar-refractivity contribution in [2.24, 2.45) is 0 Å². The molecule has 0 atom stereocenters. The van der Waals surface area contributed by atoms with Crippen LogP contribution < -0.4 is 0 Å². The first kappa shape index (κ1) is 15.4. The molecule has 0 aliphatic rings. The van der Waals surface area contributed by atoms with Gasteiger partial charge in [-0.2, -0.15) is 0 Å². The molecular weight excluding hydrogens is 238 g/mol. The molecule has 0 radical (unpaired) electrons. The second-order valence-electron chi connectivity index (χ2n) is 5.34. The summed E-state index contributed by atoms with van der Waals surface area (Å²) in [5, 5.41) is 0. The predicted molar refractivity (Wildman–Crippen MR) is 77.2 cm³/mol. The molecule has 0 spiro atoms. The molecule has 1 rings (SSSR count). The van der Waals surface area contributed by atoms with Gasteiger partial charge >= 0.3 is 0 Å². The summed E-state index contributed by atoms with van der Waals surface area (Å²) in [7, 11) is 1.74. The molecule has 0 aromatic heterocycles. The van der Waals surface area contributed by atoms with Gasteiger partial charge in [-0.15, -0.1) is 0 Å². The summed E-state index contributed by atoms with van der Waals surface area (Å²) in [4.78, 5) is 24.1. The highest BCUT2D eigenvalue weighted by Crippen LogP contribution is 2.15. The summed E-state index contributed by atoms with van der Waals surface area (Å²) >= 11 is 0. The van der Waals surface area contributed by atoms with Crippen LogP contribution in [0.2, 0.25) is 0 Å². The van der Waals surface area contributed by atoms with E-state index in [9.17, 15) is 9.59 Å². The number of carbonyl (C=O) groups excluding carboxylic acids is 2. The van der Waals surface area contributed by atoms with Gasteiger partial charge in [0, 0.05) is 13.6 Å². The number of hydrogen-bond donors (Lipinski definition) is 0. The highest BCUT2D eigenvalue weighted by molar-refractivity contribution is 5.96. The lowest BCUT2D eigenvalue weighted by atomic mass is 10.0. The number of rotatable bonds is 6. The van der Waals surface area contributed by atoms with E-state index in [0.717, 1.165) is 6.42 Å². The topological polar surface area (TPSA) is 37.4 Å². The van der Waals surface area contributed by atoms with Crippen molar-refractivity contribution in [3.8, 4) is 0 Å². The SMILES string of the molecule is CC(=O)CC(=O)N(C)CCc1ccc(C(C)C)cc1. The minimum absolute atomic E-state index is 0.00277. The van der Waals surface area contributed by atoms with Gasteiger partial charge in [0.1, 0.15) is 5.78 Å². The second-order valence-corrected chi connectivity index (χ2v) is 5.34. The Labute approximate surface area is 115 Å². The fraction of sp³-hybridized carbons (Fsp3) is 0.500. The molecule has 0 fully saturated rings. The van der Waals surface area contributed by atoms with Crippen molar-refractivity contribution in [2.45, 2.75) is 39.5 Å². The number of likely N-dealkylation sites (N-methyl/N-ethyl adjacent to an activating group) is 1. The molecule has 1 amide bonds. The van der Waals surface area contributed by atoms with Gasteiger partial charge in [-0.05, 0) is 30.4 Å². The molecule has 3 nitrogen and oxygen atoms in total. The quantitative estimate of drug-likeness (QED) is 0.738. The molecule has 0 unspecified atom stereocenters. The number of hydrogen-bond acceptors (Lipinski definition) is 2. The third-order valence-corrected chi connectivity index (χ3v) is 3.21. The minimum atomic E-state index is -0.105. The number of Topliss-reactive ketones (excluding diaryl/α,β-unsaturated/α-hetero) is 1. The molecule has 0 saturated carbocycles. The molecule has 0 bridgehead atoms. The van der Waals surface area contributed by atoms with Gasteiger partial charge in [0.15, 0.2) is 0 Å². The first-order chi connectivity index (χ1) is 8.90. The Morgan fingerprint density at radius 1 is 1.16 bits per heavy atom. The van der Waals surface area contributed by atoms with Crippen molar-refractivity contribution >= 4 is 11.7 Å². The molecule has 0 N–H and O–H groups in total. The summed E-state index contributed by atoms with van der Waals surface area (Å²) in [6.07, 6.45) is 0.821. The van der Waals surface area contributed by atoms with E-state index in [0.29, 0.717) is 12.5 Å². The van der Waals surface area contributed by atoms with Crippen molar-refractivity contribution in [1.29, 1.82) is 0 Å². The lowest BCUT2D eigenvalue weighted by molar-refractivity contribution is -0.133. The van der Waals surface area contributed by atoms with Crippen LogP contribution in [0.3, 0.4) is 0 Å². The number of ketones is 1. The third-order valence-electron chi connectivity index (χ3n) is 3.21. The number of carbonyl (C=O) groups is 2. The standard InChI is InChI=1S/C16H23NO2/c1-12(2)15-7-5-14(6-8-15)9-10-17(4)16(19)11-13(3)18/h5-8,12H,9-11H2,1-4H3. The van der Waals surface area contributed by atoms with Crippen LogP contribution in [-0.2, 0) is 16.0 Å². The smallest absolute Gasteiger partial charge is 0.229 e. The summed E-state index contributed by atoms with van der Waals surface area (Å²) in [5.74, 6) is 0.346. The summed E-state index contributed by atoms with van der Waals surface area (Å²) in [6.45, 7) is 6.43. The zero-order valence-corrected chi connectivity index (χ0v) is 12.3. The molecule has 0 aliphatic carbocycles. The van der Waals surface area contributed by atoms with E-state index in [1.54, 1.807) is 11.9 Å². The van der Waals surface area contributed by atoms with Crippen LogP contribution >= 0.6 is 0 Å². The van der Waals surface area contributed by atoms with Crippen molar-refractivity contribution in [1.82, 2.24) is 4.90 Å². The fourth-order valence-corrected chi connectivity index (χ4v) is 1.84. The molecule has 1 aromatic rings. The van der Waals surface area contributed by atoms with E-state index in [2.05, 4.69) is 38.1 Å². The number of amides is 1. The zero-order chi connectivity index (χ0) is 14.4. The van der Waals surface area contributed by atoms with E-state index in [4.69, 9.17) is 0 Å². The summed E-state index contributed by atoms with van der Waals surface area (Å²) in [5.41, 5.74) is 2.54. The highest BCUT2D eigenvalue weighted by atomic mass is 16.2. The van der Waals surface area contributed by atoms with E-state index < -0.39 is 0 Å². The molecular formula is C16H23NO2. The molecule has 0 heterocycles. The normalized spacial score (nSPS) is 10.6.